The molecule has 1 aliphatic rings. The zero-order valence-corrected chi connectivity index (χ0v) is 16.2. The third kappa shape index (κ3) is 4.94. The first-order valence-corrected chi connectivity index (χ1v) is 10.3. The maximum atomic E-state index is 12.3. The van der Waals surface area contributed by atoms with Gasteiger partial charge < -0.3 is 24.4 Å². The first-order valence-electron chi connectivity index (χ1n) is 8.50. The Balaban J connectivity index is 1.85. The topological polar surface area (TPSA) is 94.2 Å². The molecular weight excluding hydrogens is 360 g/mol. The minimum atomic E-state index is -3.03. The fourth-order valence-corrected chi connectivity index (χ4v) is 4.71. The van der Waals surface area contributed by atoms with Crippen molar-refractivity contribution in [3.05, 3.63) is 18.2 Å². The molecule has 1 fully saturated rings. The van der Waals surface area contributed by atoms with Crippen molar-refractivity contribution >= 4 is 15.9 Å². The van der Waals surface area contributed by atoms with E-state index < -0.39 is 9.84 Å². The maximum Gasteiger partial charge on any atom is 0.317 e. The van der Waals surface area contributed by atoms with Crippen molar-refractivity contribution < 1.29 is 27.4 Å². The fourth-order valence-electron chi connectivity index (χ4n) is 2.98. The van der Waals surface area contributed by atoms with Crippen LogP contribution in [0, 0.1) is 0 Å². The molecular formula is C17H26N2O6S. The Bertz CT molecular complexity index is 722. The SMILES string of the molecule is CCN(C(=O)NCCOc1cccc(OC)c1OC)C1CCS(=O)(=O)C1. The van der Waals surface area contributed by atoms with Gasteiger partial charge in [-0.25, -0.2) is 13.2 Å². The van der Waals surface area contributed by atoms with Crippen LogP contribution in [0.3, 0.4) is 0 Å². The van der Waals surface area contributed by atoms with E-state index in [0.29, 0.717) is 30.2 Å². The zero-order chi connectivity index (χ0) is 19.2. The smallest absolute Gasteiger partial charge is 0.317 e. The minimum absolute atomic E-state index is 0.0335. The van der Waals surface area contributed by atoms with Crippen molar-refractivity contribution in [1.82, 2.24) is 10.2 Å². The quantitative estimate of drug-likeness (QED) is 0.677. The summed E-state index contributed by atoms with van der Waals surface area (Å²) in [5.74, 6) is 1.75. The lowest BCUT2D eigenvalue weighted by Crippen LogP contribution is -2.47. The second-order valence-electron chi connectivity index (χ2n) is 5.91. The van der Waals surface area contributed by atoms with Crippen LogP contribution in [0.2, 0.25) is 0 Å². The summed E-state index contributed by atoms with van der Waals surface area (Å²) in [4.78, 5) is 13.9. The normalized spacial score (nSPS) is 18.2. The van der Waals surface area contributed by atoms with Gasteiger partial charge in [-0.1, -0.05) is 6.07 Å². The van der Waals surface area contributed by atoms with Crippen molar-refractivity contribution in [3.8, 4) is 17.2 Å². The number of nitrogens with zero attached hydrogens (tertiary/aromatic N) is 1. The molecule has 1 aromatic carbocycles. The predicted octanol–water partition coefficient (Wildman–Crippen LogP) is 1.30. The number of methoxy groups -OCH3 is 2. The van der Waals surface area contributed by atoms with Crippen LogP contribution in [-0.2, 0) is 9.84 Å². The molecule has 0 aliphatic carbocycles. The number of urea groups is 1. The van der Waals surface area contributed by atoms with Crippen LogP contribution < -0.4 is 19.5 Å². The summed E-state index contributed by atoms with van der Waals surface area (Å²) in [5.41, 5.74) is 0. The molecule has 0 radical (unpaired) electrons. The van der Waals surface area contributed by atoms with Crippen molar-refractivity contribution in [1.29, 1.82) is 0 Å². The number of carbonyl (C=O) groups is 1. The number of ether oxygens (including phenoxy) is 3. The van der Waals surface area contributed by atoms with Crippen molar-refractivity contribution in [2.45, 2.75) is 19.4 Å². The molecule has 0 spiro atoms. The van der Waals surface area contributed by atoms with Gasteiger partial charge in [-0.2, -0.15) is 0 Å². The highest BCUT2D eigenvalue weighted by molar-refractivity contribution is 7.91. The van der Waals surface area contributed by atoms with Crippen LogP contribution in [0.15, 0.2) is 18.2 Å². The third-order valence-electron chi connectivity index (χ3n) is 4.25. The molecule has 1 aromatic rings. The molecule has 2 amide bonds. The van der Waals surface area contributed by atoms with Crippen molar-refractivity contribution in [3.63, 3.8) is 0 Å². The standard InChI is InChI=1S/C17H26N2O6S/c1-4-19(13-8-11-26(21,22)12-13)17(20)18-9-10-25-15-7-5-6-14(23-2)16(15)24-3/h5-7,13H,4,8-12H2,1-3H3,(H,18,20). The van der Waals surface area contributed by atoms with Crippen LogP contribution in [0.25, 0.3) is 0 Å². The van der Waals surface area contributed by atoms with E-state index in [4.69, 9.17) is 14.2 Å². The van der Waals surface area contributed by atoms with E-state index in [0.717, 1.165) is 0 Å². The molecule has 1 saturated heterocycles. The van der Waals surface area contributed by atoms with E-state index in [1.54, 1.807) is 30.2 Å². The number of amides is 2. The van der Waals surface area contributed by atoms with Gasteiger partial charge >= 0.3 is 6.03 Å². The number of benzene rings is 1. The van der Waals surface area contributed by atoms with Gasteiger partial charge in [-0.3, -0.25) is 0 Å². The summed E-state index contributed by atoms with van der Waals surface area (Å²) >= 11 is 0. The monoisotopic (exact) mass is 386 g/mol. The van der Waals surface area contributed by atoms with Gasteiger partial charge in [0, 0.05) is 12.6 Å². The molecule has 1 N–H and O–H groups in total. The number of carbonyl (C=O) groups excluding carboxylic acids is 1. The second-order valence-corrected chi connectivity index (χ2v) is 8.14. The summed E-state index contributed by atoms with van der Waals surface area (Å²) in [5, 5.41) is 2.77. The summed E-state index contributed by atoms with van der Waals surface area (Å²) in [6.45, 7) is 2.82. The third-order valence-corrected chi connectivity index (χ3v) is 6.00. The Morgan fingerprint density at radius 1 is 1.27 bits per heavy atom. The van der Waals surface area contributed by atoms with Crippen LogP contribution >= 0.6 is 0 Å². The molecule has 1 atom stereocenters. The molecule has 1 unspecified atom stereocenters. The van der Waals surface area contributed by atoms with E-state index in [1.165, 1.54) is 7.11 Å². The van der Waals surface area contributed by atoms with Crippen LogP contribution in [0.1, 0.15) is 13.3 Å². The minimum Gasteiger partial charge on any atom is -0.493 e. The number of nitrogens with one attached hydrogen (secondary N) is 1. The Morgan fingerprint density at radius 3 is 2.58 bits per heavy atom. The van der Waals surface area contributed by atoms with E-state index in [2.05, 4.69) is 5.32 Å². The van der Waals surface area contributed by atoms with Crippen molar-refractivity contribution in [2.75, 3.05) is 45.4 Å². The highest BCUT2D eigenvalue weighted by Gasteiger charge is 2.33. The van der Waals surface area contributed by atoms with Gasteiger partial charge in [-0.15, -0.1) is 0 Å². The summed E-state index contributed by atoms with van der Waals surface area (Å²) in [7, 11) is 0.0433. The highest BCUT2D eigenvalue weighted by atomic mass is 32.2. The Hall–Kier alpha value is -2.16. The van der Waals surface area contributed by atoms with Gasteiger partial charge in [0.15, 0.2) is 21.3 Å². The lowest BCUT2D eigenvalue weighted by atomic mass is 10.2. The number of hydrogen-bond acceptors (Lipinski definition) is 6. The predicted molar refractivity (Wildman–Crippen MR) is 97.9 cm³/mol. The van der Waals surface area contributed by atoms with Gasteiger partial charge in [0.25, 0.3) is 0 Å². The first kappa shape index (κ1) is 20.2. The molecule has 9 heteroatoms. The van der Waals surface area contributed by atoms with E-state index in [9.17, 15) is 13.2 Å². The number of hydrogen-bond donors (Lipinski definition) is 1. The second kappa shape index (κ2) is 8.98. The summed E-state index contributed by atoms with van der Waals surface area (Å²) in [6, 6.07) is 4.77. The average Bonchev–Trinajstić information content (AvgIpc) is 2.98. The van der Waals surface area contributed by atoms with Gasteiger partial charge in [-0.05, 0) is 25.5 Å². The van der Waals surface area contributed by atoms with Gasteiger partial charge in [0.1, 0.15) is 6.61 Å². The van der Waals surface area contributed by atoms with Gasteiger partial charge in [0.05, 0.1) is 32.3 Å². The molecule has 0 saturated carbocycles. The largest absolute Gasteiger partial charge is 0.493 e. The number of para-hydroxylation sites is 1. The molecule has 26 heavy (non-hydrogen) atoms. The maximum absolute atomic E-state index is 12.3. The van der Waals surface area contributed by atoms with Crippen LogP contribution in [-0.4, -0.2) is 70.8 Å². The lowest BCUT2D eigenvalue weighted by Gasteiger charge is -2.27. The number of rotatable bonds is 8. The summed E-state index contributed by atoms with van der Waals surface area (Å²) in [6.07, 6.45) is 0.487. The lowest BCUT2D eigenvalue weighted by molar-refractivity contribution is 0.181. The van der Waals surface area contributed by atoms with Crippen LogP contribution in [0.4, 0.5) is 4.79 Å². The van der Waals surface area contributed by atoms with E-state index >= 15 is 0 Å². The molecule has 1 aliphatic heterocycles. The van der Waals surface area contributed by atoms with Crippen molar-refractivity contribution in [2.24, 2.45) is 0 Å². The molecule has 0 bridgehead atoms. The molecule has 146 valence electrons. The average molecular weight is 386 g/mol. The highest BCUT2D eigenvalue weighted by Crippen LogP contribution is 2.36. The Labute approximate surface area is 154 Å². The molecule has 8 nitrogen and oxygen atoms in total. The number of sulfone groups is 1. The zero-order valence-electron chi connectivity index (χ0n) is 15.4. The van der Waals surface area contributed by atoms with E-state index in [1.807, 2.05) is 6.92 Å². The Kier molecular flexibility index (Phi) is 6.96. The molecule has 2 rings (SSSR count). The Morgan fingerprint density at radius 2 is 2.00 bits per heavy atom. The summed E-state index contributed by atoms with van der Waals surface area (Å²) < 4.78 is 39.4. The van der Waals surface area contributed by atoms with Crippen LogP contribution in [0.5, 0.6) is 17.2 Å². The molecule has 0 aromatic heterocycles. The first-order chi connectivity index (χ1) is 12.4. The van der Waals surface area contributed by atoms with Gasteiger partial charge in [0.2, 0.25) is 5.75 Å². The molecule has 1 heterocycles. The fraction of sp³-hybridized carbons (Fsp3) is 0.588. The van der Waals surface area contributed by atoms with E-state index in [-0.39, 0.29) is 36.7 Å².